The van der Waals surface area contributed by atoms with Crippen LogP contribution in [-0.2, 0) is 4.79 Å². The Hall–Kier alpha value is -1.85. The number of hydrogen-bond donors (Lipinski definition) is 2. The maximum absolute atomic E-state index is 11.3. The number of aromatic nitrogens is 2. The van der Waals surface area contributed by atoms with Crippen LogP contribution in [0.25, 0.3) is 0 Å². The monoisotopic (exact) mass is 265 g/mol. The standard InChI is InChI=1S/C13H19N3O3/c1-3-7-19-10-8-9(2)14-12(15-10)16-13(11(17)18)5-4-6-13/h8H,3-7H2,1-2H3,(H,17,18)(H,14,15,16). The Morgan fingerprint density at radius 2 is 2.26 bits per heavy atom. The van der Waals surface area contributed by atoms with Gasteiger partial charge in [-0.3, -0.25) is 0 Å². The van der Waals surface area contributed by atoms with Crippen molar-refractivity contribution < 1.29 is 14.6 Å². The van der Waals surface area contributed by atoms with Gasteiger partial charge in [0.05, 0.1) is 6.61 Å². The maximum atomic E-state index is 11.3. The molecule has 19 heavy (non-hydrogen) atoms. The molecule has 0 bridgehead atoms. The predicted molar refractivity (Wildman–Crippen MR) is 70.4 cm³/mol. The zero-order chi connectivity index (χ0) is 13.9. The molecule has 0 aromatic carbocycles. The molecule has 6 nitrogen and oxygen atoms in total. The number of aliphatic carboxylic acids is 1. The summed E-state index contributed by atoms with van der Waals surface area (Å²) in [6.45, 7) is 4.43. The molecule has 1 saturated carbocycles. The first kappa shape index (κ1) is 13.6. The number of aryl methyl sites for hydroxylation is 1. The first-order valence-corrected chi connectivity index (χ1v) is 6.56. The van der Waals surface area contributed by atoms with E-state index in [1.165, 1.54) is 0 Å². The highest BCUT2D eigenvalue weighted by Gasteiger charge is 2.45. The van der Waals surface area contributed by atoms with Crippen LogP contribution in [0.2, 0.25) is 0 Å². The van der Waals surface area contributed by atoms with Crippen molar-refractivity contribution in [3.05, 3.63) is 11.8 Å². The van der Waals surface area contributed by atoms with Gasteiger partial charge in [0.25, 0.3) is 0 Å². The average Bonchev–Trinajstić information content (AvgIpc) is 2.30. The molecule has 104 valence electrons. The fourth-order valence-corrected chi connectivity index (χ4v) is 2.01. The third-order valence-electron chi connectivity index (χ3n) is 3.25. The second kappa shape index (κ2) is 5.42. The topological polar surface area (TPSA) is 84.3 Å². The molecule has 1 fully saturated rings. The minimum atomic E-state index is -0.907. The highest BCUT2D eigenvalue weighted by atomic mass is 16.5. The second-order valence-electron chi connectivity index (χ2n) is 4.89. The van der Waals surface area contributed by atoms with Gasteiger partial charge < -0.3 is 15.2 Å². The Morgan fingerprint density at radius 1 is 1.53 bits per heavy atom. The summed E-state index contributed by atoms with van der Waals surface area (Å²) in [5.41, 5.74) is -0.154. The van der Waals surface area contributed by atoms with Crippen molar-refractivity contribution >= 4 is 11.9 Å². The average molecular weight is 265 g/mol. The van der Waals surface area contributed by atoms with Gasteiger partial charge in [0.2, 0.25) is 11.8 Å². The summed E-state index contributed by atoms with van der Waals surface area (Å²) >= 11 is 0. The first-order valence-electron chi connectivity index (χ1n) is 6.56. The van der Waals surface area contributed by atoms with E-state index in [1.54, 1.807) is 6.07 Å². The Labute approximate surface area is 112 Å². The smallest absolute Gasteiger partial charge is 0.329 e. The zero-order valence-corrected chi connectivity index (χ0v) is 11.3. The summed E-state index contributed by atoms with van der Waals surface area (Å²) in [6, 6.07) is 1.75. The first-order chi connectivity index (χ1) is 9.05. The highest BCUT2D eigenvalue weighted by Crippen LogP contribution is 2.35. The predicted octanol–water partition coefficient (Wildman–Crippen LogP) is 1.99. The molecule has 0 amide bonds. The van der Waals surface area contributed by atoms with Crippen molar-refractivity contribution in [1.29, 1.82) is 0 Å². The second-order valence-corrected chi connectivity index (χ2v) is 4.89. The van der Waals surface area contributed by atoms with Crippen LogP contribution in [0.1, 0.15) is 38.3 Å². The number of carboxylic acids is 1. The van der Waals surface area contributed by atoms with Gasteiger partial charge in [-0.05, 0) is 32.6 Å². The van der Waals surface area contributed by atoms with E-state index in [4.69, 9.17) is 4.74 Å². The van der Waals surface area contributed by atoms with E-state index in [0.29, 0.717) is 31.3 Å². The fourth-order valence-electron chi connectivity index (χ4n) is 2.01. The van der Waals surface area contributed by atoms with Crippen LogP contribution in [0.4, 0.5) is 5.95 Å². The van der Waals surface area contributed by atoms with E-state index in [-0.39, 0.29) is 0 Å². The summed E-state index contributed by atoms with van der Waals surface area (Å²) in [7, 11) is 0. The summed E-state index contributed by atoms with van der Waals surface area (Å²) in [6.07, 6.45) is 3.00. The largest absolute Gasteiger partial charge is 0.480 e. The van der Waals surface area contributed by atoms with Gasteiger partial charge in [0.15, 0.2) is 0 Å². The molecule has 0 saturated heterocycles. The van der Waals surface area contributed by atoms with Crippen molar-refractivity contribution in [2.75, 3.05) is 11.9 Å². The Balaban J connectivity index is 2.15. The van der Waals surface area contributed by atoms with E-state index in [0.717, 1.165) is 18.5 Å². The summed E-state index contributed by atoms with van der Waals surface area (Å²) in [5.74, 6) is -0.0372. The molecule has 0 aliphatic heterocycles. The van der Waals surface area contributed by atoms with E-state index in [9.17, 15) is 9.90 Å². The van der Waals surface area contributed by atoms with Gasteiger partial charge in [-0.1, -0.05) is 6.92 Å². The molecule has 0 unspecified atom stereocenters. The zero-order valence-electron chi connectivity index (χ0n) is 11.3. The molecular formula is C13H19N3O3. The van der Waals surface area contributed by atoms with E-state index in [2.05, 4.69) is 15.3 Å². The molecule has 0 spiro atoms. The number of rotatable bonds is 6. The number of carbonyl (C=O) groups is 1. The summed E-state index contributed by atoms with van der Waals surface area (Å²) in [5, 5.41) is 12.2. The van der Waals surface area contributed by atoms with Crippen LogP contribution in [0, 0.1) is 6.92 Å². The lowest BCUT2D eigenvalue weighted by atomic mass is 9.77. The molecular weight excluding hydrogens is 246 g/mol. The lowest BCUT2D eigenvalue weighted by Crippen LogP contribution is -2.52. The van der Waals surface area contributed by atoms with Crippen LogP contribution < -0.4 is 10.1 Å². The Morgan fingerprint density at radius 3 is 2.79 bits per heavy atom. The number of nitrogens with zero attached hydrogens (tertiary/aromatic N) is 2. The third kappa shape index (κ3) is 2.94. The van der Waals surface area contributed by atoms with E-state index in [1.807, 2.05) is 13.8 Å². The van der Waals surface area contributed by atoms with Gasteiger partial charge >= 0.3 is 5.97 Å². The van der Waals surface area contributed by atoms with Crippen molar-refractivity contribution in [3.63, 3.8) is 0 Å². The maximum Gasteiger partial charge on any atom is 0.329 e. The lowest BCUT2D eigenvalue weighted by molar-refractivity contribution is -0.145. The normalized spacial score (nSPS) is 16.5. The van der Waals surface area contributed by atoms with Gasteiger partial charge in [-0.25, -0.2) is 9.78 Å². The van der Waals surface area contributed by atoms with Crippen molar-refractivity contribution in [2.45, 2.75) is 45.1 Å². The number of hydrogen-bond acceptors (Lipinski definition) is 5. The molecule has 0 radical (unpaired) electrons. The minimum Gasteiger partial charge on any atom is -0.480 e. The highest BCUT2D eigenvalue weighted by molar-refractivity contribution is 5.83. The third-order valence-corrected chi connectivity index (χ3v) is 3.25. The van der Waals surface area contributed by atoms with Crippen LogP contribution >= 0.6 is 0 Å². The molecule has 2 N–H and O–H groups in total. The quantitative estimate of drug-likeness (QED) is 0.818. The van der Waals surface area contributed by atoms with Crippen molar-refractivity contribution in [2.24, 2.45) is 0 Å². The number of nitrogens with one attached hydrogen (secondary N) is 1. The fraction of sp³-hybridized carbons (Fsp3) is 0.615. The molecule has 1 heterocycles. The minimum absolute atomic E-state index is 0.327. The van der Waals surface area contributed by atoms with E-state index < -0.39 is 11.5 Å². The SMILES string of the molecule is CCCOc1cc(C)nc(NC2(C(=O)O)CCC2)n1. The molecule has 1 aliphatic carbocycles. The molecule has 1 aromatic rings. The van der Waals surface area contributed by atoms with Crippen LogP contribution in [0.3, 0.4) is 0 Å². The molecule has 6 heteroatoms. The van der Waals surface area contributed by atoms with Crippen LogP contribution in [-0.4, -0.2) is 33.2 Å². The summed E-state index contributed by atoms with van der Waals surface area (Å²) in [4.78, 5) is 19.7. The van der Waals surface area contributed by atoms with Crippen molar-refractivity contribution in [1.82, 2.24) is 9.97 Å². The van der Waals surface area contributed by atoms with Crippen LogP contribution in [0.15, 0.2) is 6.07 Å². The van der Waals surface area contributed by atoms with Gasteiger partial charge in [-0.15, -0.1) is 0 Å². The number of carboxylic acid groups (broad SMARTS) is 1. The summed E-state index contributed by atoms with van der Waals surface area (Å²) < 4.78 is 5.46. The van der Waals surface area contributed by atoms with Crippen LogP contribution in [0.5, 0.6) is 5.88 Å². The molecule has 1 aromatic heterocycles. The number of anilines is 1. The lowest BCUT2D eigenvalue weighted by Gasteiger charge is -2.38. The number of ether oxygens (including phenoxy) is 1. The molecule has 0 atom stereocenters. The van der Waals surface area contributed by atoms with Gasteiger partial charge in [-0.2, -0.15) is 4.98 Å². The van der Waals surface area contributed by atoms with Crippen molar-refractivity contribution in [3.8, 4) is 5.88 Å². The molecule has 2 rings (SSSR count). The molecule has 1 aliphatic rings. The Bertz CT molecular complexity index is 472. The Kier molecular flexibility index (Phi) is 3.87. The van der Waals surface area contributed by atoms with Gasteiger partial charge in [0, 0.05) is 11.8 Å². The van der Waals surface area contributed by atoms with E-state index >= 15 is 0 Å². The van der Waals surface area contributed by atoms with Gasteiger partial charge in [0.1, 0.15) is 5.54 Å².